The maximum Gasteiger partial charge on any atom is 0.250 e. The average Bonchev–Trinajstić information content (AvgIpc) is 2.59. The van der Waals surface area contributed by atoms with E-state index in [1.54, 1.807) is 18.2 Å². The van der Waals surface area contributed by atoms with E-state index in [0.29, 0.717) is 41.9 Å². The molecule has 1 amide bonds. The predicted molar refractivity (Wildman–Crippen MR) is 98.1 cm³/mol. The zero-order chi connectivity index (χ0) is 18.7. The molecule has 3 N–H and O–H groups in total. The summed E-state index contributed by atoms with van der Waals surface area (Å²) in [5, 5.41) is 3.57. The van der Waals surface area contributed by atoms with Gasteiger partial charge >= 0.3 is 0 Å². The van der Waals surface area contributed by atoms with Crippen LogP contribution in [-0.2, 0) is 9.47 Å². The Morgan fingerprint density at radius 1 is 1.50 bits per heavy atom. The number of carbonyl (C=O) groups is 1. The van der Waals surface area contributed by atoms with Gasteiger partial charge in [0, 0.05) is 18.3 Å². The molecule has 0 saturated carbocycles. The number of hydrogen-bond acceptors (Lipinski definition) is 6. The number of nitrogens with two attached hydrogens (primary N) is 1. The van der Waals surface area contributed by atoms with Crippen LogP contribution in [0.3, 0.4) is 0 Å². The number of primary amides is 1. The third-order valence-electron chi connectivity index (χ3n) is 3.88. The van der Waals surface area contributed by atoms with E-state index in [1.165, 1.54) is 6.20 Å². The van der Waals surface area contributed by atoms with Crippen LogP contribution in [-0.4, -0.2) is 47.3 Å². The van der Waals surface area contributed by atoms with Crippen molar-refractivity contribution in [1.82, 2.24) is 9.97 Å². The lowest BCUT2D eigenvalue weighted by Gasteiger charge is -2.36. The first-order chi connectivity index (χ1) is 12.4. The van der Waals surface area contributed by atoms with Crippen molar-refractivity contribution in [3.63, 3.8) is 0 Å². The van der Waals surface area contributed by atoms with Gasteiger partial charge in [-0.25, -0.2) is 4.98 Å². The van der Waals surface area contributed by atoms with Gasteiger partial charge in [-0.05, 0) is 32.0 Å². The van der Waals surface area contributed by atoms with Gasteiger partial charge in [-0.1, -0.05) is 11.6 Å². The van der Waals surface area contributed by atoms with Gasteiger partial charge < -0.3 is 20.5 Å². The first kappa shape index (κ1) is 18.6. The van der Waals surface area contributed by atoms with Crippen LogP contribution >= 0.6 is 11.6 Å². The lowest BCUT2D eigenvalue weighted by molar-refractivity contribution is -0.177. The van der Waals surface area contributed by atoms with E-state index in [2.05, 4.69) is 21.5 Å². The first-order valence-electron chi connectivity index (χ1n) is 8.18. The Kier molecular flexibility index (Phi) is 5.41. The Hall–Kier alpha value is -2.22. The standard InChI is InChI=1S/C18H20ClN4O3/c1-18(2)10-25-9-11(26-18)7-22-15-4-3-13(17(20)24)16(23-15)12-5-6-21-8-14(12)19/h3-5,8,11H,7,9-10H2,1-2H3,(H2,20,24)(H,22,23)/t11-/m0/s1. The molecule has 8 heteroatoms. The molecular weight excluding hydrogens is 356 g/mol. The fraction of sp³-hybridized carbons (Fsp3) is 0.389. The number of amides is 1. The predicted octanol–water partition coefficient (Wildman–Crippen LogP) is 2.30. The maximum absolute atomic E-state index is 11.8. The van der Waals surface area contributed by atoms with Gasteiger partial charge in [0.2, 0.25) is 0 Å². The summed E-state index contributed by atoms with van der Waals surface area (Å²) in [6.45, 7) is 5.56. The summed E-state index contributed by atoms with van der Waals surface area (Å²) in [6.07, 6.45) is 4.04. The van der Waals surface area contributed by atoms with E-state index in [0.717, 1.165) is 0 Å². The highest BCUT2D eigenvalue weighted by Crippen LogP contribution is 2.29. The molecule has 1 atom stereocenters. The normalized spacial score (nSPS) is 19.1. The van der Waals surface area contributed by atoms with Crippen LogP contribution in [0, 0.1) is 6.20 Å². The molecule has 26 heavy (non-hydrogen) atoms. The molecule has 3 rings (SSSR count). The molecular formula is C18H20ClN4O3. The number of anilines is 1. The third kappa shape index (κ3) is 4.30. The number of pyridine rings is 2. The highest BCUT2D eigenvalue weighted by atomic mass is 35.5. The third-order valence-corrected chi connectivity index (χ3v) is 4.19. The molecule has 1 aliphatic rings. The van der Waals surface area contributed by atoms with Gasteiger partial charge in [-0.2, -0.15) is 0 Å². The van der Waals surface area contributed by atoms with E-state index in [9.17, 15) is 4.79 Å². The summed E-state index contributed by atoms with van der Waals surface area (Å²) in [5.74, 6) is -0.0115. The molecule has 1 fully saturated rings. The summed E-state index contributed by atoms with van der Waals surface area (Å²) in [5.41, 5.74) is 6.34. The van der Waals surface area contributed by atoms with Crippen LogP contribution in [0.4, 0.5) is 5.82 Å². The quantitative estimate of drug-likeness (QED) is 0.831. The SMILES string of the molecule is CC1(C)COC[C@H](CNc2ccc(C(N)=O)c(-c3c[c]ncc3Cl)n2)O1. The Balaban J connectivity index is 1.82. The maximum atomic E-state index is 11.8. The zero-order valence-electron chi connectivity index (χ0n) is 14.6. The largest absolute Gasteiger partial charge is 0.376 e. The smallest absolute Gasteiger partial charge is 0.250 e. The molecule has 0 aromatic carbocycles. The fourth-order valence-corrected chi connectivity index (χ4v) is 2.94. The lowest BCUT2D eigenvalue weighted by Crippen LogP contribution is -2.45. The van der Waals surface area contributed by atoms with Gasteiger partial charge in [-0.3, -0.25) is 9.78 Å². The molecule has 0 unspecified atom stereocenters. The molecule has 3 heterocycles. The Bertz CT molecular complexity index is 813. The van der Waals surface area contributed by atoms with Crippen LogP contribution in [0.5, 0.6) is 0 Å². The number of carbonyl (C=O) groups excluding carboxylic acids is 1. The number of nitrogens with zero attached hydrogens (tertiary/aromatic N) is 2. The topological polar surface area (TPSA) is 99.4 Å². The van der Waals surface area contributed by atoms with Gasteiger partial charge in [-0.15, -0.1) is 0 Å². The van der Waals surface area contributed by atoms with Crippen molar-refractivity contribution in [2.24, 2.45) is 5.73 Å². The molecule has 1 radical (unpaired) electrons. The summed E-state index contributed by atoms with van der Waals surface area (Å²) >= 11 is 6.19. The molecule has 2 aromatic heterocycles. The van der Waals surface area contributed by atoms with Crippen LogP contribution < -0.4 is 11.1 Å². The van der Waals surface area contributed by atoms with E-state index >= 15 is 0 Å². The van der Waals surface area contributed by atoms with Gasteiger partial charge in [0.25, 0.3) is 5.91 Å². The summed E-state index contributed by atoms with van der Waals surface area (Å²) in [4.78, 5) is 20.1. The fourth-order valence-electron chi connectivity index (χ4n) is 2.75. The van der Waals surface area contributed by atoms with E-state index in [1.807, 2.05) is 13.8 Å². The highest BCUT2D eigenvalue weighted by Gasteiger charge is 2.29. The van der Waals surface area contributed by atoms with Crippen molar-refractivity contribution in [2.45, 2.75) is 25.6 Å². The van der Waals surface area contributed by atoms with Crippen LogP contribution in [0.2, 0.25) is 5.02 Å². The number of aromatic nitrogens is 2. The van der Waals surface area contributed by atoms with Crippen LogP contribution in [0.15, 0.2) is 24.4 Å². The molecule has 1 aliphatic heterocycles. The number of ether oxygens (including phenoxy) is 2. The zero-order valence-corrected chi connectivity index (χ0v) is 15.3. The molecule has 2 aromatic rings. The summed E-state index contributed by atoms with van der Waals surface area (Å²) in [6, 6.07) is 4.88. The Labute approximate surface area is 156 Å². The van der Waals surface area contributed by atoms with Crippen molar-refractivity contribution in [1.29, 1.82) is 0 Å². The van der Waals surface area contributed by atoms with Crippen molar-refractivity contribution < 1.29 is 14.3 Å². The molecule has 7 nitrogen and oxygen atoms in total. The van der Waals surface area contributed by atoms with Gasteiger partial charge in [0.15, 0.2) is 0 Å². The Morgan fingerprint density at radius 2 is 2.31 bits per heavy atom. The molecule has 0 bridgehead atoms. The van der Waals surface area contributed by atoms with Crippen molar-refractivity contribution in [2.75, 3.05) is 25.1 Å². The second kappa shape index (κ2) is 7.57. The van der Waals surface area contributed by atoms with E-state index in [4.69, 9.17) is 26.8 Å². The van der Waals surface area contributed by atoms with Crippen molar-refractivity contribution >= 4 is 23.3 Å². The number of rotatable bonds is 5. The second-order valence-corrected chi connectivity index (χ2v) is 7.05. The van der Waals surface area contributed by atoms with E-state index in [-0.39, 0.29) is 17.3 Å². The van der Waals surface area contributed by atoms with Crippen molar-refractivity contribution in [3.05, 3.63) is 41.2 Å². The average molecular weight is 376 g/mol. The molecule has 1 saturated heterocycles. The minimum atomic E-state index is -0.585. The second-order valence-electron chi connectivity index (χ2n) is 6.65. The van der Waals surface area contributed by atoms with Crippen LogP contribution in [0.25, 0.3) is 11.3 Å². The minimum absolute atomic E-state index is 0.0994. The van der Waals surface area contributed by atoms with Crippen LogP contribution in [0.1, 0.15) is 24.2 Å². The number of halogens is 1. The Morgan fingerprint density at radius 3 is 3.00 bits per heavy atom. The molecule has 0 aliphatic carbocycles. The highest BCUT2D eigenvalue weighted by molar-refractivity contribution is 6.33. The van der Waals surface area contributed by atoms with E-state index < -0.39 is 5.91 Å². The van der Waals surface area contributed by atoms with Gasteiger partial charge in [0.05, 0.1) is 47.4 Å². The lowest BCUT2D eigenvalue weighted by atomic mass is 10.1. The number of hydrogen-bond donors (Lipinski definition) is 2. The minimum Gasteiger partial charge on any atom is -0.376 e. The van der Waals surface area contributed by atoms with Crippen molar-refractivity contribution in [3.8, 4) is 11.3 Å². The molecule has 137 valence electrons. The molecule has 0 spiro atoms. The van der Waals surface area contributed by atoms with Gasteiger partial charge in [0.1, 0.15) is 5.82 Å². The summed E-state index contributed by atoms with van der Waals surface area (Å²) < 4.78 is 11.5. The number of nitrogens with one attached hydrogen (secondary N) is 1. The summed E-state index contributed by atoms with van der Waals surface area (Å²) in [7, 11) is 0. The monoisotopic (exact) mass is 375 g/mol. The first-order valence-corrected chi connectivity index (χ1v) is 8.56.